The van der Waals surface area contributed by atoms with Gasteiger partial charge in [0.15, 0.2) is 0 Å². The Kier molecular flexibility index (Phi) is 3.75. The fourth-order valence-corrected chi connectivity index (χ4v) is 2.05. The molecule has 2 rings (SSSR count). The number of carbonyl (C=O) groups excluding carboxylic acids is 1. The number of carbonyl (C=O) groups is 2. The van der Waals surface area contributed by atoms with Gasteiger partial charge in [-0.2, -0.15) is 5.10 Å². The summed E-state index contributed by atoms with van der Waals surface area (Å²) in [5, 5.41) is 20.5. The van der Waals surface area contributed by atoms with Gasteiger partial charge in [-0.05, 0) is 19.3 Å². The second kappa shape index (κ2) is 5.48. The van der Waals surface area contributed by atoms with E-state index in [2.05, 4.69) is 25.8 Å². The summed E-state index contributed by atoms with van der Waals surface area (Å²) >= 11 is 0. The first-order chi connectivity index (χ1) is 8.65. The number of urea groups is 1. The Morgan fingerprint density at radius 3 is 2.94 bits per heavy atom. The summed E-state index contributed by atoms with van der Waals surface area (Å²) in [6.45, 7) is 0.265. The molecule has 0 radical (unpaired) electrons. The number of hydrogen-bond acceptors (Lipinski definition) is 4. The minimum Gasteiger partial charge on any atom is -0.481 e. The lowest BCUT2D eigenvalue weighted by Crippen LogP contribution is -2.41. The van der Waals surface area contributed by atoms with Crippen LogP contribution in [0, 0.1) is 5.92 Å². The van der Waals surface area contributed by atoms with E-state index in [0.717, 1.165) is 0 Å². The predicted molar refractivity (Wildman–Crippen MR) is 60.5 cm³/mol. The summed E-state index contributed by atoms with van der Waals surface area (Å²) < 4.78 is 0. The molecule has 0 bridgehead atoms. The minimum absolute atomic E-state index is 0.0687. The van der Waals surface area contributed by atoms with Crippen LogP contribution in [0.3, 0.4) is 0 Å². The number of aromatic amines is 1. The van der Waals surface area contributed by atoms with E-state index in [1.807, 2.05) is 0 Å². The standard InChI is InChI=1S/C10H15N5O3/c16-9(17)6-1-2-7(3-6)14-10(18)11-4-8-12-5-13-15-8/h5-7H,1-4H2,(H,16,17)(H2,11,14,18)(H,12,13,15)/t6-,7+/m1/s1. The Morgan fingerprint density at radius 1 is 1.50 bits per heavy atom. The third kappa shape index (κ3) is 3.19. The topological polar surface area (TPSA) is 120 Å². The van der Waals surface area contributed by atoms with Gasteiger partial charge >= 0.3 is 12.0 Å². The average molecular weight is 253 g/mol. The Hall–Kier alpha value is -2.12. The molecule has 0 unspecified atom stereocenters. The molecule has 1 fully saturated rings. The molecule has 1 saturated carbocycles. The van der Waals surface area contributed by atoms with Gasteiger partial charge < -0.3 is 15.7 Å². The zero-order valence-electron chi connectivity index (χ0n) is 9.72. The number of rotatable bonds is 4. The second-order valence-electron chi connectivity index (χ2n) is 4.30. The number of amides is 2. The molecule has 1 aliphatic rings. The maximum atomic E-state index is 11.5. The molecule has 98 valence electrons. The number of carboxylic acid groups (broad SMARTS) is 1. The number of H-pyrrole nitrogens is 1. The molecule has 2 amide bonds. The van der Waals surface area contributed by atoms with Crippen LogP contribution in [-0.2, 0) is 11.3 Å². The van der Waals surface area contributed by atoms with Gasteiger partial charge in [-0.1, -0.05) is 0 Å². The zero-order valence-corrected chi connectivity index (χ0v) is 9.72. The van der Waals surface area contributed by atoms with Crippen molar-refractivity contribution in [2.24, 2.45) is 5.92 Å². The molecule has 0 aliphatic heterocycles. The van der Waals surface area contributed by atoms with Crippen molar-refractivity contribution >= 4 is 12.0 Å². The van der Waals surface area contributed by atoms with E-state index < -0.39 is 5.97 Å². The van der Waals surface area contributed by atoms with Crippen LogP contribution >= 0.6 is 0 Å². The van der Waals surface area contributed by atoms with E-state index in [1.54, 1.807) is 0 Å². The van der Waals surface area contributed by atoms with E-state index in [0.29, 0.717) is 25.1 Å². The highest BCUT2D eigenvalue weighted by atomic mass is 16.4. The Labute approximate surface area is 103 Å². The van der Waals surface area contributed by atoms with Crippen LogP contribution in [0.25, 0.3) is 0 Å². The van der Waals surface area contributed by atoms with Crippen LogP contribution in [-0.4, -0.2) is 38.3 Å². The van der Waals surface area contributed by atoms with E-state index in [9.17, 15) is 9.59 Å². The third-order valence-electron chi connectivity index (χ3n) is 3.00. The SMILES string of the molecule is O=C(NCc1ncn[nH]1)N[C@H]1CC[C@@H](C(=O)O)C1. The van der Waals surface area contributed by atoms with E-state index >= 15 is 0 Å². The molecule has 1 heterocycles. The second-order valence-corrected chi connectivity index (χ2v) is 4.30. The molecule has 4 N–H and O–H groups in total. The summed E-state index contributed by atoms with van der Waals surface area (Å²) in [6.07, 6.45) is 3.17. The molecule has 18 heavy (non-hydrogen) atoms. The van der Waals surface area contributed by atoms with Crippen LogP contribution < -0.4 is 10.6 Å². The lowest BCUT2D eigenvalue weighted by molar-refractivity contribution is -0.141. The number of aliphatic carboxylic acids is 1. The van der Waals surface area contributed by atoms with Crippen molar-refractivity contribution in [1.29, 1.82) is 0 Å². The molecule has 1 aromatic heterocycles. The van der Waals surface area contributed by atoms with Gasteiger partial charge in [-0.15, -0.1) is 0 Å². The minimum atomic E-state index is -0.790. The van der Waals surface area contributed by atoms with Gasteiger partial charge in [0.1, 0.15) is 12.2 Å². The van der Waals surface area contributed by atoms with Crippen LogP contribution in [0.15, 0.2) is 6.33 Å². The maximum Gasteiger partial charge on any atom is 0.315 e. The largest absolute Gasteiger partial charge is 0.481 e. The third-order valence-corrected chi connectivity index (χ3v) is 3.00. The zero-order chi connectivity index (χ0) is 13.0. The summed E-state index contributed by atoms with van der Waals surface area (Å²) in [6, 6.07) is -0.386. The van der Waals surface area contributed by atoms with Crippen molar-refractivity contribution in [3.63, 3.8) is 0 Å². The fraction of sp³-hybridized carbons (Fsp3) is 0.600. The smallest absolute Gasteiger partial charge is 0.315 e. The van der Waals surface area contributed by atoms with Crippen molar-refractivity contribution in [2.75, 3.05) is 0 Å². The van der Waals surface area contributed by atoms with E-state index in [-0.39, 0.29) is 24.5 Å². The van der Waals surface area contributed by atoms with Crippen LogP contribution in [0.2, 0.25) is 0 Å². The van der Waals surface area contributed by atoms with Crippen molar-refractivity contribution in [3.8, 4) is 0 Å². The highest BCUT2D eigenvalue weighted by Crippen LogP contribution is 2.25. The number of carboxylic acids is 1. The average Bonchev–Trinajstić information content (AvgIpc) is 2.96. The highest BCUT2D eigenvalue weighted by molar-refractivity contribution is 5.75. The van der Waals surface area contributed by atoms with Gasteiger partial charge in [0.05, 0.1) is 12.5 Å². The Bertz CT molecular complexity index is 419. The molecule has 1 aliphatic carbocycles. The molecular weight excluding hydrogens is 238 g/mol. The molecule has 0 saturated heterocycles. The summed E-state index contributed by atoms with van der Waals surface area (Å²) in [5.41, 5.74) is 0. The summed E-state index contributed by atoms with van der Waals surface area (Å²) in [7, 11) is 0. The highest BCUT2D eigenvalue weighted by Gasteiger charge is 2.30. The van der Waals surface area contributed by atoms with Crippen molar-refractivity contribution in [3.05, 3.63) is 12.2 Å². The van der Waals surface area contributed by atoms with Crippen molar-refractivity contribution < 1.29 is 14.7 Å². The summed E-state index contributed by atoms with van der Waals surface area (Å²) in [5.74, 6) is -0.564. The molecule has 8 heteroatoms. The number of aromatic nitrogens is 3. The molecule has 0 spiro atoms. The number of nitrogens with one attached hydrogen (secondary N) is 3. The molecule has 1 aromatic rings. The lowest BCUT2D eigenvalue weighted by Gasteiger charge is -2.12. The van der Waals surface area contributed by atoms with Gasteiger partial charge in [0, 0.05) is 6.04 Å². The molecular formula is C10H15N5O3. The Balaban J connectivity index is 1.70. The fourth-order valence-electron chi connectivity index (χ4n) is 2.05. The van der Waals surface area contributed by atoms with Gasteiger partial charge in [0.2, 0.25) is 0 Å². The first kappa shape index (κ1) is 12.3. The monoisotopic (exact) mass is 253 g/mol. The van der Waals surface area contributed by atoms with Gasteiger partial charge in [-0.25, -0.2) is 9.78 Å². The Morgan fingerprint density at radius 2 is 2.33 bits per heavy atom. The van der Waals surface area contributed by atoms with Crippen LogP contribution in [0.1, 0.15) is 25.1 Å². The number of hydrogen-bond donors (Lipinski definition) is 4. The maximum absolute atomic E-state index is 11.5. The molecule has 2 atom stereocenters. The summed E-state index contributed by atoms with van der Waals surface area (Å²) in [4.78, 5) is 26.2. The lowest BCUT2D eigenvalue weighted by atomic mass is 10.1. The van der Waals surface area contributed by atoms with Crippen LogP contribution in [0.4, 0.5) is 4.79 Å². The van der Waals surface area contributed by atoms with E-state index in [4.69, 9.17) is 5.11 Å². The quantitative estimate of drug-likeness (QED) is 0.595. The van der Waals surface area contributed by atoms with Crippen molar-refractivity contribution in [1.82, 2.24) is 25.8 Å². The predicted octanol–water partition coefficient (Wildman–Crippen LogP) is -0.143. The van der Waals surface area contributed by atoms with Crippen LogP contribution in [0.5, 0.6) is 0 Å². The van der Waals surface area contributed by atoms with E-state index in [1.165, 1.54) is 6.33 Å². The van der Waals surface area contributed by atoms with Gasteiger partial charge in [0.25, 0.3) is 0 Å². The first-order valence-corrected chi connectivity index (χ1v) is 5.76. The molecule has 8 nitrogen and oxygen atoms in total. The molecule has 0 aromatic carbocycles. The normalized spacial score (nSPS) is 22.7. The number of nitrogens with zero attached hydrogens (tertiary/aromatic N) is 2. The first-order valence-electron chi connectivity index (χ1n) is 5.76. The van der Waals surface area contributed by atoms with Gasteiger partial charge in [-0.3, -0.25) is 9.89 Å². The van der Waals surface area contributed by atoms with Crippen molar-refractivity contribution in [2.45, 2.75) is 31.8 Å².